The molecule has 0 aliphatic heterocycles. The number of furan rings is 1. The third-order valence-electron chi connectivity index (χ3n) is 4.29. The van der Waals surface area contributed by atoms with Gasteiger partial charge >= 0.3 is 0 Å². The van der Waals surface area contributed by atoms with E-state index in [0.29, 0.717) is 12.1 Å². The molecule has 1 aromatic heterocycles. The smallest absolute Gasteiger partial charge is 0.105 e. The topological polar surface area (TPSA) is 25.2 Å². The molecule has 2 heteroatoms. The maximum Gasteiger partial charge on any atom is 0.105 e. The summed E-state index contributed by atoms with van der Waals surface area (Å²) in [4.78, 5) is 0. The van der Waals surface area contributed by atoms with E-state index in [1.165, 1.54) is 37.7 Å². The van der Waals surface area contributed by atoms with E-state index in [0.717, 1.165) is 17.4 Å². The molecule has 0 radical (unpaired) electrons. The summed E-state index contributed by atoms with van der Waals surface area (Å²) >= 11 is 0. The Balaban J connectivity index is 1.94. The SMILES string of the molecule is Cc1cc(C(C)NC2CCCC(C)CC2)c(C)o1. The Labute approximate surface area is 111 Å². The van der Waals surface area contributed by atoms with Gasteiger partial charge in [0.15, 0.2) is 0 Å². The van der Waals surface area contributed by atoms with Gasteiger partial charge in [-0.1, -0.05) is 19.8 Å². The molecule has 1 saturated carbocycles. The van der Waals surface area contributed by atoms with Gasteiger partial charge in [-0.05, 0) is 52.0 Å². The summed E-state index contributed by atoms with van der Waals surface area (Å²) in [5.41, 5.74) is 1.32. The molecular weight excluding hydrogens is 222 g/mol. The van der Waals surface area contributed by atoms with Gasteiger partial charge in [0, 0.05) is 17.6 Å². The van der Waals surface area contributed by atoms with Crippen molar-refractivity contribution in [2.75, 3.05) is 0 Å². The van der Waals surface area contributed by atoms with Gasteiger partial charge in [0.05, 0.1) is 0 Å². The highest BCUT2D eigenvalue weighted by Gasteiger charge is 2.20. The second-order valence-electron chi connectivity index (χ2n) is 6.07. The van der Waals surface area contributed by atoms with Crippen LogP contribution in [0.15, 0.2) is 10.5 Å². The number of nitrogens with one attached hydrogen (secondary N) is 1. The highest BCUT2D eigenvalue weighted by atomic mass is 16.3. The van der Waals surface area contributed by atoms with Crippen LogP contribution in [-0.2, 0) is 0 Å². The van der Waals surface area contributed by atoms with E-state index in [4.69, 9.17) is 4.42 Å². The van der Waals surface area contributed by atoms with Gasteiger partial charge in [0.1, 0.15) is 11.5 Å². The van der Waals surface area contributed by atoms with E-state index in [-0.39, 0.29) is 0 Å². The molecule has 1 aromatic rings. The van der Waals surface area contributed by atoms with Gasteiger partial charge in [0.25, 0.3) is 0 Å². The van der Waals surface area contributed by atoms with Crippen molar-refractivity contribution in [2.45, 2.75) is 71.9 Å². The summed E-state index contributed by atoms with van der Waals surface area (Å²) in [5.74, 6) is 2.99. The van der Waals surface area contributed by atoms with E-state index >= 15 is 0 Å². The fraction of sp³-hybridized carbons (Fsp3) is 0.750. The summed E-state index contributed by atoms with van der Waals surface area (Å²) in [6.07, 6.45) is 6.78. The second kappa shape index (κ2) is 5.92. The quantitative estimate of drug-likeness (QED) is 0.797. The predicted octanol–water partition coefficient (Wildman–Crippen LogP) is 4.52. The van der Waals surface area contributed by atoms with Crippen LogP contribution in [0, 0.1) is 19.8 Å². The molecule has 1 heterocycles. The summed E-state index contributed by atoms with van der Waals surface area (Å²) in [7, 11) is 0. The normalized spacial score (nSPS) is 26.9. The summed E-state index contributed by atoms with van der Waals surface area (Å²) in [6.45, 7) is 8.73. The molecule has 1 fully saturated rings. The van der Waals surface area contributed by atoms with Crippen molar-refractivity contribution in [3.63, 3.8) is 0 Å². The first-order valence-corrected chi connectivity index (χ1v) is 7.39. The van der Waals surface area contributed by atoms with Gasteiger partial charge in [-0.2, -0.15) is 0 Å². The Morgan fingerprint density at radius 2 is 2.00 bits per heavy atom. The van der Waals surface area contributed by atoms with E-state index in [1.54, 1.807) is 0 Å². The largest absolute Gasteiger partial charge is 0.466 e. The van der Waals surface area contributed by atoms with Crippen molar-refractivity contribution in [3.8, 4) is 0 Å². The Bertz CT molecular complexity index is 382. The maximum absolute atomic E-state index is 5.63. The van der Waals surface area contributed by atoms with Crippen LogP contribution in [0.25, 0.3) is 0 Å². The van der Waals surface area contributed by atoms with E-state index in [2.05, 4.69) is 32.2 Å². The molecule has 102 valence electrons. The van der Waals surface area contributed by atoms with Crippen LogP contribution < -0.4 is 5.32 Å². The minimum atomic E-state index is 0.404. The van der Waals surface area contributed by atoms with Crippen LogP contribution in [0.5, 0.6) is 0 Å². The third kappa shape index (κ3) is 3.38. The van der Waals surface area contributed by atoms with Crippen molar-refractivity contribution in [2.24, 2.45) is 5.92 Å². The minimum absolute atomic E-state index is 0.404. The number of aryl methyl sites for hydroxylation is 2. The highest BCUT2D eigenvalue weighted by molar-refractivity contribution is 5.23. The molecule has 0 saturated heterocycles. The first-order chi connectivity index (χ1) is 8.56. The molecular formula is C16H27NO. The monoisotopic (exact) mass is 249 g/mol. The zero-order valence-corrected chi connectivity index (χ0v) is 12.3. The van der Waals surface area contributed by atoms with Crippen LogP contribution in [0.2, 0.25) is 0 Å². The lowest BCUT2D eigenvalue weighted by Gasteiger charge is -2.22. The zero-order valence-electron chi connectivity index (χ0n) is 12.3. The van der Waals surface area contributed by atoms with Crippen LogP contribution in [0.3, 0.4) is 0 Å². The highest BCUT2D eigenvalue weighted by Crippen LogP contribution is 2.26. The zero-order chi connectivity index (χ0) is 13.1. The molecule has 0 bridgehead atoms. The Hall–Kier alpha value is -0.760. The van der Waals surface area contributed by atoms with Gasteiger partial charge in [-0.25, -0.2) is 0 Å². The van der Waals surface area contributed by atoms with Gasteiger partial charge in [-0.15, -0.1) is 0 Å². The summed E-state index contributed by atoms with van der Waals surface area (Å²) < 4.78 is 5.63. The molecule has 18 heavy (non-hydrogen) atoms. The van der Waals surface area contributed by atoms with Crippen molar-refractivity contribution >= 4 is 0 Å². The second-order valence-corrected chi connectivity index (χ2v) is 6.07. The number of hydrogen-bond acceptors (Lipinski definition) is 2. The lowest BCUT2D eigenvalue weighted by atomic mass is 10.0. The van der Waals surface area contributed by atoms with Crippen molar-refractivity contribution < 1.29 is 4.42 Å². The molecule has 1 aliphatic carbocycles. The fourth-order valence-corrected chi connectivity index (χ4v) is 3.18. The number of rotatable bonds is 3. The summed E-state index contributed by atoms with van der Waals surface area (Å²) in [5, 5.41) is 3.79. The van der Waals surface area contributed by atoms with Crippen molar-refractivity contribution in [3.05, 3.63) is 23.2 Å². The van der Waals surface area contributed by atoms with Crippen molar-refractivity contribution in [1.82, 2.24) is 5.32 Å². The maximum atomic E-state index is 5.63. The Kier molecular flexibility index (Phi) is 4.50. The number of hydrogen-bond donors (Lipinski definition) is 1. The Morgan fingerprint density at radius 1 is 1.22 bits per heavy atom. The van der Waals surface area contributed by atoms with Crippen LogP contribution in [0.4, 0.5) is 0 Å². The standard InChI is InChI=1S/C16H27NO/c1-11-6-5-7-15(9-8-11)17-13(3)16-10-12(2)18-14(16)4/h10-11,13,15,17H,5-9H2,1-4H3. The first kappa shape index (κ1) is 13.7. The van der Waals surface area contributed by atoms with Crippen LogP contribution in [0.1, 0.15) is 69.1 Å². The molecule has 2 nitrogen and oxygen atoms in total. The van der Waals surface area contributed by atoms with Gasteiger partial charge < -0.3 is 9.73 Å². The molecule has 3 unspecified atom stereocenters. The molecule has 1 aliphatic rings. The molecule has 3 atom stereocenters. The van der Waals surface area contributed by atoms with Crippen LogP contribution >= 0.6 is 0 Å². The first-order valence-electron chi connectivity index (χ1n) is 7.39. The molecule has 2 rings (SSSR count). The average molecular weight is 249 g/mol. The lowest BCUT2D eigenvalue weighted by Crippen LogP contribution is -2.31. The predicted molar refractivity (Wildman–Crippen MR) is 75.8 cm³/mol. The summed E-state index contributed by atoms with van der Waals surface area (Å²) in [6, 6.07) is 3.26. The Morgan fingerprint density at radius 3 is 2.67 bits per heavy atom. The van der Waals surface area contributed by atoms with E-state index in [9.17, 15) is 0 Å². The molecule has 0 amide bonds. The van der Waals surface area contributed by atoms with E-state index < -0.39 is 0 Å². The molecule has 1 N–H and O–H groups in total. The average Bonchev–Trinajstić information content (AvgIpc) is 2.51. The van der Waals surface area contributed by atoms with Crippen LogP contribution in [-0.4, -0.2) is 6.04 Å². The lowest BCUT2D eigenvalue weighted by molar-refractivity contribution is 0.403. The van der Waals surface area contributed by atoms with Gasteiger partial charge in [0.2, 0.25) is 0 Å². The van der Waals surface area contributed by atoms with E-state index in [1.807, 2.05) is 6.92 Å². The third-order valence-corrected chi connectivity index (χ3v) is 4.29. The van der Waals surface area contributed by atoms with Crippen molar-refractivity contribution in [1.29, 1.82) is 0 Å². The minimum Gasteiger partial charge on any atom is -0.466 e. The molecule has 0 spiro atoms. The fourth-order valence-electron chi connectivity index (χ4n) is 3.18. The van der Waals surface area contributed by atoms with Gasteiger partial charge in [-0.3, -0.25) is 0 Å². The molecule has 0 aromatic carbocycles.